The SMILES string of the molecule is CC1(C)OB(c2cnc3c(c2)CCC(=O)N3C2CC(CO)C2)OC1(C)C. The van der Waals surface area contributed by atoms with Crippen LogP contribution in [0.3, 0.4) is 0 Å². The minimum Gasteiger partial charge on any atom is -0.399 e. The fourth-order valence-electron chi connectivity index (χ4n) is 3.95. The van der Waals surface area contributed by atoms with E-state index in [4.69, 9.17) is 9.31 Å². The van der Waals surface area contributed by atoms with E-state index in [2.05, 4.69) is 11.1 Å². The van der Waals surface area contributed by atoms with Gasteiger partial charge in [-0.3, -0.25) is 9.69 Å². The zero-order chi connectivity index (χ0) is 18.7. The summed E-state index contributed by atoms with van der Waals surface area (Å²) in [5.41, 5.74) is 1.20. The van der Waals surface area contributed by atoms with E-state index in [1.807, 2.05) is 32.6 Å². The summed E-state index contributed by atoms with van der Waals surface area (Å²) in [4.78, 5) is 18.9. The molecule has 0 bridgehead atoms. The molecule has 4 rings (SSSR count). The average molecular weight is 358 g/mol. The standard InChI is InChI=1S/C19H27BN2O4/c1-18(2)19(3,4)26-20(25-18)14-9-13-5-6-16(24)22(17(13)21-10-14)15-7-12(8-15)11-23/h9-10,12,15,23H,5-8,11H2,1-4H3. The Morgan fingerprint density at radius 1 is 1.23 bits per heavy atom. The van der Waals surface area contributed by atoms with Gasteiger partial charge in [0.25, 0.3) is 0 Å². The van der Waals surface area contributed by atoms with Crippen LogP contribution >= 0.6 is 0 Å². The number of carbonyl (C=O) groups excluding carboxylic acids is 1. The molecule has 1 aromatic rings. The molecule has 0 spiro atoms. The normalized spacial score (nSPS) is 29.5. The van der Waals surface area contributed by atoms with Gasteiger partial charge in [-0.15, -0.1) is 0 Å². The molecule has 140 valence electrons. The molecule has 1 aliphatic carbocycles. The number of aliphatic hydroxyl groups excluding tert-OH is 1. The van der Waals surface area contributed by atoms with Crippen molar-refractivity contribution < 1.29 is 19.2 Å². The van der Waals surface area contributed by atoms with Crippen molar-refractivity contribution in [3.05, 3.63) is 17.8 Å². The molecule has 2 aliphatic heterocycles. The zero-order valence-corrected chi connectivity index (χ0v) is 16.0. The summed E-state index contributed by atoms with van der Waals surface area (Å²) in [6.45, 7) is 8.33. The van der Waals surface area contributed by atoms with E-state index in [0.29, 0.717) is 18.8 Å². The molecule has 2 fully saturated rings. The van der Waals surface area contributed by atoms with Gasteiger partial charge in [0.1, 0.15) is 5.82 Å². The van der Waals surface area contributed by atoms with Crippen molar-refractivity contribution >= 4 is 24.3 Å². The fourth-order valence-corrected chi connectivity index (χ4v) is 3.95. The third-order valence-electron chi connectivity index (χ3n) is 6.43. The topological polar surface area (TPSA) is 71.9 Å². The van der Waals surface area contributed by atoms with Gasteiger partial charge in [0.15, 0.2) is 0 Å². The van der Waals surface area contributed by atoms with Crippen molar-refractivity contribution in [2.45, 2.75) is 70.6 Å². The van der Waals surface area contributed by atoms with Crippen LogP contribution in [0.25, 0.3) is 0 Å². The molecule has 0 unspecified atom stereocenters. The molecule has 1 saturated heterocycles. The second-order valence-corrected chi connectivity index (χ2v) is 8.78. The average Bonchev–Trinajstić information content (AvgIpc) is 2.76. The highest BCUT2D eigenvalue weighted by atomic mass is 16.7. The van der Waals surface area contributed by atoms with Crippen molar-refractivity contribution in [1.82, 2.24) is 4.98 Å². The number of anilines is 1. The maximum absolute atomic E-state index is 12.5. The molecule has 3 heterocycles. The van der Waals surface area contributed by atoms with Crippen LogP contribution < -0.4 is 10.4 Å². The molecule has 1 aromatic heterocycles. The molecule has 0 radical (unpaired) electrons. The van der Waals surface area contributed by atoms with E-state index in [0.717, 1.165) is 29.7 Å². The maximum atomic E-state index is 12.5. The van der Waals surface area contributed by atoms with Gasteiger partial charge in [-0.05, 0) is 58.4 Å². The Morgan fingerprint density at radius 2 is 1.88 bits per heavy atom. The van der Waals surface area contributed by atoms with Crippen LogP contribution in [0.5, 0.6) is 0 Å². The number of amides is 1. The number of hydrogen-bond donors (Lipinski definition) is 1. The highest BCUT2D eigenvalue weighted by Crippen LogP contribution is 2.39. The Hall–Kier alpha value is -1.44. The Kier molecular flexibility index (Phi) is 4.17. The summed E-state index contributed by atoms with van der Waals surface area (Å²) in [7, 11) is -0.439. The second-order valence-electron chi connectivity index (χ2n) is 8.78. The van der Waals surface area contributed by atoms with Crippen molar-refractivity contribution in [3.63, 3.8) is 0 Å². The highest BCUT2D eigenvalue weighted by molar-refractivity contribution is 6.62. The largest absolute Gasteiger partial charge is 0.496 e. The first-order valence-electron chi connectivity index (χ1n) is 9.49. The van der Waals surface area contributed by atoms with Crippen LogP contribution in [0, 0.1) is 5.92 Å². The van der Waals surface area contributed by atoms with Crippen LogP contribution in [0.2, 0.25) is 0 Å². The van der Waals surface area contributed by atoms with Gasteiger partial charge < -0.3 is 14.4 Å². The summed E-state index contributed by atoms with van der Waals surface area (Å²) in [5.74, 6) is 1.21. The van der Waals surface area contributed by atoms with Crippen molar-refractivity contribution in [2.24, 2.45) is 5.92 Å². The predicted molar refractivity (Wildman–Crippen MR) is 99.4 cm³/mol. The van der Waals surface area contributed by atoms with Gasteiger partial charge in [-0.1, -0.05) is 6.07 Å². The van der Waals surface area contributed by atoms with E-state index in [1.165, 1.54) is 0 Å². The number of carbonyl (C=O) groups is 1. The van der Waals surface area contributed by atoms with E-state index in [1.54, 1.807) is 6.20 Å². The van der Waals surface area contributed by atoms with Crippen molar-refractivity contribution in [3.8, 4) is 0 Å². The predicted octanol–water partition coefficient (Wildman–Crippen LogP) is 1.43. The minimum atomic E-state index is -0.439. The number of nitrogens with zero attached hydrogens (tertiary/aromatic N) is 2. The van der Waals surface area contributed by atoms with Gasteiger partial charge in [0, 0.05) is 30.7 Å². The van der Waals surface area contributed by atoms with Crippen molar-refractivity contribution in [2.75, 3.05) is 11.5 Å². The number of aromatic nitrogens is 1. The lowest BCUT2D eigenvalue weighted by Gasteiger charge is -2.43. The molecular weight excluding hydrogens is 331 g/mol. The number of aryl methyl sites for hydroxylation is 1. The molecule has 1 saturated carbocycles. The third kappa shape index (κ3) is 2.77. The Bertz CT molecular complexity index is 714. The Morgan fingerprint density at radius 3 is 2.50 bits per heavy atom. The molecule has 0 aromatic carbocycles. The van der Waals surface area contributed by atoms with E-state index in [-0.39, 0.29) is 29.8 Å². The minimum absolute atomic E-state index is 0.134. The lowest BCUT2D eigenvalue weighted by Crippen LogP contribution is -2.51. The molecular formula is C19H27BN2O4. The molecule has 7 heteroatoms. The van der Waals surface area contributed by atoms with Crippen LogP contribution in [0.15, 0.2) is 12.3 Å². The number of hydrogen-bond acceptors (Lipinski definition) is 5. The Balaban J connectivity index is 1.59. The monoisotopic (exact) mass is 358 g/mol. The summed E-state index contributed by atoms with van der Waals surface area (Å²) < 4.78 is 12.3. The quantitative estimate of drug-likeness (QED) is 0.828. The lowest BCUT2D eigenvalue weighted by molar-refractivity contribution is -0.120. The highest BCUT2D eigenvalue weighted by Gasteiger charge is 2.52. The van der Waals surface area contributed by atoms with Gasteiger partial charge in [0.05, 0.1) is 11.2 Å². The van der Waals surface area contributed by atoms with E-state index < -0.39 is 7.12 Å². The van der Waals surface area contributed by atoms with Crippen LogP contribution in [0.1, 0.15) is 52.5 Å². The van der Waals surface area contributed by atoms with Gasteiger partial charge in [-0.25, -0.2) is 4.98 Å². The van der Waals surface area contributed by atoms with E-state index >= 15 is 0 Å². The number of rotatable bonds is 3. The Labute approximate surface area is 155 Å². The molecule has 1 amide bonds. The van der Waals surface area contributed by atoms with Crippen LogP contribution in [-0.2, 0) is 20.5 Å². The molecule has 6 nitrogen and oxygen atoms in total. The molecule has 3 aliphatic rings. The third-order valence-corrected chi connectivity index (χ3v) is 6.43. The number of aliphatic hydroxyl groups is 1. The maximum Gasteiger partial charge on any atom is 0.496 e. The summed E-state index contributed by atoms with van der Waals surface area (Å²) in [6.07, 6.45) is 4.67. The molecule has 1 N–H and O–H groups in total. The lowest BCUT2D eigenvalue weighted by atomic mass is 9.77. The summed E-state index contributed by atoms with van der Waals surface area (Å²) in [6, 6.07) is 2.24. The van der Waals surface area contributed by atoms with Crippen LogP contribution in [-0.4, -0.2) is 47.0 Å². The van der Waals surface area contributed by atoms with Gasteiger partial charge in [-0.2, -0.15) is 0 Å². The first-order chi connectivity index (χ1) is 12.2. The molecule has 26 heavy (non-hydrogen) atoms. The zero-order valence-electron chi connectivity index (χ0n) is 16.0. The number of pyridine rings is 1. The smallest absolute Gasteiger partial charge is 0.399 e. The fraction of sp³-hybridized carbons (Fsp3) is 0.684. The van der Waals surface area contributed by atoms with Crippen molar-refractivity contribution in [1.29, 1.82) is 0 Å². The second kappa shape index (κ2) is 6.04. The van der Waals surface area contributed by atoms with Gasteiger partial charge >= 0.3 is 7.12 Å². The van der Waals surface area contributed by atoms with E-state index in [9.17, 15) is 9.90 Å². The van der Waals surface area contributed by atoms with Crippen LogP contribution in [0.4, 0.5) is 5.82 Å². The first kappa shape index (κ1) is 18.0. The number of fused-ring (bicyclic) bond motifs is 1. The first-order valence-corrected chi connectivity index (χ1v) is 9.49. The summed E-state index contributed by atoms with van der Waals surface area (Å²) >= 11 is 0. The summed E-state index contributed by atoms with van der Waals surface area (Å²) in [5, 5.41) is 9.26. The molecule has 0 atom stereocenters. The van der Waals surface area contributed by atoms with Gasteiger partial charge in [0.2, 0.25) is 5.91 Å².